The highest BCUT2D eigenvalue weighted by molar-refractivity contribution is 5.82. The molecule has 39 heavy (non-hydrogen) atoms. The molecule has 2 heterocycles. The monoisotopic (exact) mass is 536 g/mol. The van der Waals surface area contributed by atoms with Crippen molar-refractivity contribution >= 4 is 11.7 Å². The smallest absolute Gasteiger partial charge is 0.335 e. The van der Waals surface area contributed by atoms with E-state index in [0.717, 1.165) is 47.0 Å². The highest BCUT2D eigenvalue weighted by Gasteiger charge is 2.35. The highest BCUT2D eigenvalue weighted by Crippen LogP contribution is 2.31. The molecule has 1 amide bonds. The number of amides is 1. The number of benzene rings is 2. The molecule has 5 rings (SSSR count). The number of aromatic nitrogens is 5. The Balaban J connectivity index is 1.75. The molecule has 12 heteroatoms. The molecule has 0 spiro atoms. The molecule has 0 saturated heterocycles. The number of aryl methyl sites for hydroxylation is 1. The lowest BCUT2D eigenvalue weighted by molar-refractivity contribution is -0.661. The third-order valence-corrected chi connectivity index (χ3v) is 6.91. The SMILES string of the molecule is [C-]#[N+]c1ccc(-n2nc[n+](C)c2-c2c(C)n(-c3cccc(C(F)(F)F)c3)c(=O)n2C(=O)NC2CCCC2)cc1. The fourth-order valence-electron chi connectivity index (χ4n) is 5.00. The standard InChI is InChI=1S/C27H24F3N7O2/c1-17-23(24-34(3)16-32-37(24)21-13-11-19(31-2)12-14-21)36(25(38)33-20-8-4-5-9-20)26(39)35(17)22-10-6-7-18(15-22)27(28,29)30/h6-7,10-16,20H,4-5,8-9H2,1,3H3/p+1. The number of imidazole rings is 1. The summed E-state index contributed by atoms with van der Waals surface area (Å²) in [6.07, 6.45) is 0.368. The summed E-state index contributed by atoms with van der Waals surface area (Å²) in [4.78, 5) is 30.8. The predicted octanol–water partition coefficient (Wildman–Crippen LogP) is 4.69. The van der Waals surface area contributed by atoms with Crippen LogP contribution in [0.4, 0.5) is 23.7 Å². The summed E-state index contributed by atoms with van der Waals surface area (Å²) in [6.45, 7) is 8.78. The molecule has 2 aromatic heterocycles. The fourth-order valence-corrected chi connectivity index (χ4v) is 5.00. The van der Waals surface area contributed by atoms with E-state index in [1.54, 1.807) is 42.8 Å². The van der Waals surface area contributed by atoms with Gasteiger partial charge in [0.1, 0.15) is 5.69 Å². The maximum Gasteiger partial charge on any atom is 0.416 e. The number of alkyl halides is 3. The van der Waals surface area contributed by atoms with Crippen LogP contribution < -0.4 is 15.6 Å². The minimum absolute atomic E-state index is 0.0175. The van der Waals surface area contributed by atoms with E-state index >= 15 is 0 Å². The van der Waals surface area contributed by atoms with E-state index in [0.29, 0.717) is 17.2 Å². The van der Waals surface area contributed by atoms with Gasteiger partial charge in [0, 0.05) is 11.1 Å². The van der Waals surface area contributed by atoms with Crippen molar-refractivity contribution in [3.63, 3.8) is 0 Å². The number of nitrogens with one attached hydrogen (secondary N) is 1. The molecule has 0 atom stereocenters. The molecule has 0 unspecified atom stereocenters. The van der Waals surface area contributed by atoms with Crippen LogP contribution in [0.5, 0.6) is 0 Å². The van der Waals surface area contributed by atoms with Crippen LogP contribution in [0.2, 0.25) is 0 Å². The zero-order valence-corrected chi connectivity index (χ0v) is 21.2. The van der Waals surface area contributed by atoms with E-state index in [1.807, 2.05) is 0 Å². The Morgan fingerprint density at radius 1 is 1.13 bits per heavy atom. The molecular weight excluding hydrogens is 511 g/mol. The summed E-state index contributed by atoms with van der Waals surface area (Å²) in [6, 6.07) is 10.3. The average Bonchev–Trinajstić information content (AvgIpc) is 3.61. The number of hydrogen-bond donors (Lipinski definition) is 1. The summed E-state index contributed by atoms with van der Waals surface area (Å²) in [7, 11) is 1.69. The Hall–Kier alpha value is -4.66. The quantitative estimate of drug-likeness (QED) is 0.303. The summed E-state index contributed by atoms with van der Waals surface area (Å²) in [5, 5.41) is 7.34. The summed E-state index contributed by atoms with van der Waals surface area (Å²) >= 11 is 0. The second-order valence-corrected chi connectivity index (χ2v) is 9.47. The molecule has 0 bridgehead atoms. The number of halogens is 3. The van der Waals surface area contributed by atoms with E-state index in [2.05, 4.69) is 15.3 Å². The predicted molar refractivity (Wildman–Crippen MR) is 136 cm³/mol. The number of nitrogens with zero attached hydrogens (tertiary/aromatic N) is 6. The third-order valence-electron chi connectivity index (χ3n) is 6.91. The molecule has 1 fully saturated rings. The first-order chi connectivity index (χ1) is 18.6. The number of hydrogen-bond acceptors (Lipinski definition) is 3. The van der Waals surface area contributed by atoms with E-state index in [-0.39, 0.29) is 23.1 Å². The van der Waals surface area contributed by atoms with Gasteiger partial charge in [-0.05, 0) is 50.1 Å². The molecular formula is C27H25F3N7O2+. The van der Waals surface area contributed by atoms with Crippen molar-refractivity contribution in [2.24, 2.45) is 7.05 Å². The molecule has 1 aliphatic rings. The van der Waals surface area contributed by atoms with Crippen molar-refractivity contribution in [2.45, 2.75) is 44.8 Å². The molecule has 1 saturated carbocycles. The van der Waals surface area contributed by atoms with Crippen LogP contribution in [-0.4, -0.2) is 31.0 Å². The Kier molecular flexibility index (Phi) is 6.59. The second-order valence-electron chi connectivity index (χ2n) is 9.47. The third kappa shape index (κ3) is 4.71. The number of rotatable bonds is 4. The maximum atomic E-state index is 13.8. The zero-order chi connectivity index (χ0) is 27.9. The van der Waals surface area contributed by atoms with Crippen LogP contribution in [0.25, 0.3) is 27.7 Å². The summed E-state index contributed by atoms with van der Waals surface area (Å²) in [5.41, 5.74) is -0.287. The van der Waals surface area contributed by atoms with Gasteiger partial charge in [-0.15, -0.1) is 0 Å². The average molecular weight is 537 g/mol. The van der Waals surface area contributed by atoms with Crippen molar-refractivity contribution in [3.05, 3.63) is 88.0 Å². The van der Waals surface area contributed by atoms with E-state index in [9.17, 15) is 22.8 Å². The topological polar surface area (TPSA) is 82.1 Å². The van der Waals surface area contributed by atoms with Crippen molar-refractivity contribution in [1.29, 1.82) is 0 Å². The molecule has 9 nitrogen and oxygen atoms in total. The van der Waals surface area contributed by atoms with Crippen LogP contribution in [0.15, 0.2) is 59.7 Å². The molecule has 2 aromatic carbocycles. The molecule has 0 aliphatic heterocycles. The van der Waals surface area contributed by atoms with Crippen LogP contribution in [0, 0.1) is 13.5 Å². The van der Waals surface area contributed by atoms with Crippen molar-refractivity contribution in [1.82, 2.24) is 24.2 Å². The molecule has 4 aromatic rings. The fraction of sp³-hybridized carbons (Fsp3) is 0.296. The first-order valence-corrected chi connectivity index (χ1v) is 12.3. The van der Waals surface area contributed by atoms with Gasteiger partial charge in [-0.3, -0.25) is 4.57 Å². The minimum atomic E-state index is -4.61. The highest BCUT2D eigenvalue weighted by atomic mass is 19.4. The Labute approximate surface area is 221 Å². The molecule has 1 aliphatic carbocycles. The van der Waals surface area contributed by atoms with Crippen LogP contribution in [0.3, 0.4) is 0 Å². The number of carbonyl (C=O) groups is 1. The van der Waals surface area contributed by atoms with Gasteiger partial charge >= 0.3 is 17.9 Å². The van der Waals surface area contributed by atoms with Crippen molar-refractivity contribution in [2.75, 3.05) is 0 Å². The Bertz CT molecular complexity index is 1650. The minimum Gasteiger partial charge on any atom is -0.335 e. The van der Waals surface area contributed by atoms with Gasteiger partial charge in [0.2, 0.25) is 0 Å². The summed E-state index contributed by atoms with van der Waals surface area (Å²) < 4.78 is 45.7. The van der Waals surface area contributed by atoms with E-state index in [4.69, 9.17) is 6.57 Å². The van der Waals surface area contributed by atoms with Crippen LogP contribution >= 0.6 is 0 Å². The Morgan fingerprint density at radius 3 is 2.46 bits per heavy atom. The van der Waals surface area contributed by atoms with Gasteiger partial charge in [0.15, 0.2) is 11.4 Å². The maximum absolute atomic E-state index is 13.8. The van der Waals surface area contributed by atoms with Crippen LogP contribution in [-0.2, 0) is 13.2 Å². The molecule has 1 N–H and O–H groups in total. The lowest BCUT2D eigenvalue weighted by atomic mass is 10.2. The van der Waals surface area contributed by atoms with Crippen molar-refractivity contribution in [3.8, 4) is 22.9 Å². The van der Waals surface area contributed by atoms with Gasteiger partial charge in [-0.2, -0.15) is 13.2 Å². The largest absolute Gasteiger partial charge is 0.416 e. The van der Waals surface area contributed by atoms with Crippen LogP contribution in [0.1, 0.15) is 36.9 Å². The summed E-state index contributed by atoms with van der Waals surface area (Å²) in [5.74, 6) is 0.354. The molecule has 200 valence electrons. The van der Waals surface area contributed by atoms with Gasteiger partial charge in [0.05, 0.1) is 30.6 Å². The lowest BCUT2D eigenvalue weighted by Gasteiger charge is -2.13. The zero-order valence-electron chi connectivity index (χ0n) is 21.2. The van der Waals surface area contributed by atoms with Gasteiger partial charge in [-0.1, -0.05) is 35.7 Å². The second kappa shape index (κ2) is 9.90. The van der Waals surface area contributed by atoms with Gasteiger partial charge in [0.25, 0.3) is 12.2 Å². The van der Waals surface area contributed by atoms with Crippen molar-refractivity contribution < 1.29 is 22.5 Å². The first-order valence-electron chi connectivity index (χ1n) is 12.3. The first kappa shape index (κ1) is 26.0. The Morgan fingerprint density at radius 2 is 1.82 bits per heavy atom. The normalized spacial score (nSPS) is 13.9. The lowest BCUT2D eigenvalue weighted by Crippen LogP contribution is -2.42. The molecule has 0 radical (unpaired) electrons. The van der Waals surface area contributed by atoms with Gasteiger partial charge in [-0.25, -0.2) is 23.6 Å². The van der Waals surface area contributed by atoms with E-state index in [1.165, 1.54) is 23.1 Å². The van der Waals surface area contributed by atoms with E-state index < -0.39 is 23.5 Å². The number of carbonyl (C=O) groups excluding carboxylic acids is 1. The van der Waals surface area contributed by atoms with Gasteiger partial charge < -0.3 is 5.32 Å².